The van der Waals surface area contributed by atoms with Gasteiger partial charge in [-0.3, -0.25) is 10.1 Å². The Balaban J connectivity index is 3.16. The summed E-state index contributed by atoms with van der Waals surface area (Å²) in [6.45, 7) is 5.26. The Labute approximate surface area is 100 Å². The molecule has 0 spiro atoms. The smallest absolute Gasteiger partial charge is 0.272 e. The van der Waals surface area contributed by atoms with Crippen LogP contribution < -0.4 is 5.73 Å². The first-order chi connectivity index (χ1) is 7.79. The number of nitrogens with zero attached hydrogens (tertiary/aromatic N) is 1. The molecule has 94 valence electrons. The molecule has 5 heteroatoms. The highest BCUT2D eigenvalue weighted by Gasteiger charge is 2.28. The maximum atomic E-state index is 10.8. The van der Waals surface area contributed by atoms with Crippen molar-refractivity contribution in [2.45, 2.75) is 26.8 Å². The second-order valence-electron chi connectivity index (χ2n) is 4.93. The molecule has 0 unspecified atom stereocenters. The van der Waals surface area contributed by atoms with Gasteiger partial charge in [-0.1, -0.05) is 26.0 Å². The zero-order chi connectivity index (χ0) is 13.2. The van der Waals surface area contributed by atoms with Crippen LogP contribution in [-0.2, 0) is 0 Å². The predicted molar refractivity (Wildman–Crippen MR) is 65.6 cm³/mol. The first-order valence-electron chi connectivity index (χ1n) is 5.41. The third-order valence-electron chi connectivity index (χ3n) is 3.04. The summed E-state index contributed by atoms with van der Waals surface area (Å²) in [5, 5.41) is 20.1. The van der Waals surface area contributed by atoms with Gasteiger partial charge >= 0.3 is 0 Å². The second-order valence-corrected chi connectivity index (χ2v) is 4.93. The third-order valence-corrected chi connectivity index (χ3v) is 3.04. The van der Waals surface area contributed by atoms with Crippen LogP contribution in [0.25, 0.3) is 0 Å². The molecule has 1 rings (SSSR count). The molecule has 17 heavy (non-hydrogen) atoms. The molecule has 0 saturated heterocycles. The van der Waals surface area contributed by atoms with E-state index in [2.05, 4.69) is 0 Å². The largest absolute Gasteiger partial charge is 0.396 e. The van der Waals surface area contributed by atoms with E-state index in [1.54, 1.807) is 19.1 Å². The van der Waals surface area contributed by atoms with Gasteiger partial charge in [-0.05, 0) is 12.5 Å². The van der Waals surface area contributed by atoms with Gasteiger partial charge in [-0.15, -0.1) is 0 Å². The van der Waals surface area contributed by atoms with Crippen LogP contribution in [0, 0.1) is 22.5 Å². The highest BCUT2D eigenvalue weighted by molar-refractivity contribution is 5.43. The zero-order valence-corrected chi connectivity index (χ0v) is 10.3. The fourth-order valence-corrected chi connectivity index (χ4v) is 1.57. The number of hydrogen-bond donors (Lipinski definition) is 2. The molecule has 0 aliphatic rings. The van der Waals surface area contributed by atoms with Crippen LogP contribution in [0.4, 0.5) is 5.69 Å². The summed E-state index contributed by atoms with van der Waals surface area (Å²) < 4.78 is 0. The van der Waals surface area contributed by atoms with Gasteiger partial charge in [0.1, 0.15) is 0 Å². The molecule has 1 atom stereocenters. The van der Waals surface area contributed by atoms with Crippen molar-refractivity contribution in [1.29, 1.82) is 0 Å². The number of nitro groups is 1. The number of benzene rings is 1. The monoisotopic (exact) mass is 238 g/mol. The quantitative estimate of drug-likeness (QED) is 0.619. The van der Waals surface area contributed by atoms with Crippen molar-refractivity contribution >= 4 is 5.69 Å². The summed E-state index contributed by atoms with van der Waals surface area (Å²) in [7, 11) is 0. The number of rotatable bonds is 4. The minimum absolute atomic E-state index is 0.0617. The number of nitrogens with two attached hydrogens (primary N) is 1. The lowest BCUT2D eigenvalue weighted by Crippen LogP contribution is -2.32. The van der Waals surface area contributed by atoms with Crippen molar-refractivity contribution in [3.05, 3.63) is 39.4 Å². The Morgan fingerprint density at radius 1 is 1.53 bits per heavy atom. The zero-order valence-electron chi connectivity index (χ0n) is 10.3. The van der Waals surface area contributed by atoms with E-state index in [1.807, 2.05) is 13.8 Å². The molecule has 0 heterocycles. The van der Waals surface area contributed by atoms with Gasteiger partial charge in [-0.2, -0.15) is 0 Å². The summed E-state index contributed by atoms with van der Waals surface area (Å²) in [6, 6.07) is 4.49. The summed E-state index contributed by atoms with van der Waals surface area (Å²) in [5.41, 5.74) is 6.84. The number of aliphatic hydroxyl groups excluding tert-OH is 1. The van der Waals surface area contributed by atoms with Crippen molar-refractivity contribution in [2.75, 3.05) is 6.61 Å². The van der Waals surface area contributed by atoms with E-state index in [4.69, 9.17) is 5.73 Å². The molecule has 0 aliphatic heterocycles. The van der Waals surface area contributed by atoms with Crippen molar-refractivity contribution in [1.82, 2.24) is 0 Å². The van der Waals surface area contributed by atoms with Crippen LogP contribution in [0.3, 0.4) is 0 Å². The Kier molecular flexibility index (Phi) is 3.85. The standard InChI is InChI=1S/C12H18N2O3/c1-8-4-5-9(6-10(8)14(16)17)11(13)12(2,3)7-15/h4-6,11,15H,7,13H2,1-3H3/t11-/m0/s1. The summed E-state index contributed by atoms with van der Waals surface area (Å²) in [6.07, 6.45) is 0. The number of aliphatic hydroxyl groups is 1. The molecule has 0 aliphatic carbocycles. The van der Waals surface area contributed by atoms with E-state index in [-0.39, 0.29) is 12.3 Å². The molecule has 0 saturated carbocycles. The first kappa shape index (κ1) is 13.6. The second kappa shape index (κ2) is 4.81. The molecule has 1 aromatic carbocycles. The maximum Gasteiger partial charge on any atom is 0.272 e. The number of aryl methyl sites for hydroxylation is 1. The van der Waals surface area contributed by atoms with E-state index in [9.17, 15) is 15.2 Å². The van der Waals surface area contributed by atoms with E-state index in [0.717, 1.165) is 0 Å². The van der Waals surface area contributed by atoms with E-state index in [0.29, 0.717) is 11.1 Å². The summed E-state index contributed by atoms with van der Waals surface area (Å²) in [4.78, 5) is 10.4. The van der Waals surface area contributed by atoms with Crippen LogP contribution in [0.5, 0.6) is 0 Å². The molecular weight excluding hydrogens is 220 g/mol. The summed E-state index contributed by atoms with van der Waals surface area (Å²) in [5.74, 6) is 0. The Hall–Kier alpha value is -1.46. The molecule has 1 aromatic rings. The van der Waals surface area contributed by atoms with Crippen molar-refractivity contribution in [3.8, 4) is 0 Å². The topological polar surface area (TPSA) is 89.4 Å². The fraction of sp³-hybridized carbons (Fsp3) is 0.500. The van der Waals surface area contributed by atoms with Crippen LogP contribution >= 0.6 is 0 Å². The minimum Gasteiger partial charge on any atom is -0.396 e. The Bertz CT molecular complexity index is 430. The van der Waals surface area contributed by atoms with Gasteiger partial charge < -0.3 is 10.8 Å². The maximum absolute atomic E-state index is 10.8. The van der Waals surface area contributed by atoms with Gasteiger partial charge in [0.25, 0.3) is 5.69 Å². The molecule has 0 bridgehead atoms. The average molecular weight is 238 g/mol. The summed E-state index contributed by atoms with van der Waals surface area (Å²) >= 11 is 0. The minimum atomic E-state index is -0.511. The Morgan fingerprint density at radius 2 is 2.12 bits per heavy atom. The molecule has 3 N–H and O–H groups in total. The molecular formula is C12H18N2O3. The molecule has 0 amide bonds. The van der Waals surface area contributed by atoms with E-state index >= 15 is 0 Å². The highest BCUT2D eigenvalue weighted by Crippen LogP contribution is 2.32. The first-order valence-corrected chi connectivity index (χ1v) is 5.41. The van der Waals surface area contributed by atoms with Crippen molar-refractivity contribution in [3.63, 3.8) is 0 Å². The molecule has 0 aromatic heterocycles. The lowest BCUT2D eigenvalue weighted by Gasteiger charge is -2.29. The van der Waals surface area contributed by atoms with Crippen LogP contribution in [0.15, 0.2) is 18.2 Å². The van der Waals surface area contributed by atoms with Crippen molar-refractivity contribution < 1.29 is 10.0 Å². The lowest BCUT2D eigenvalue weighted by atomic mass is 9.81. The predicted octanol–water partition coefficient (Wildman–Crippen LogP) is 1.92. The highest BCUT2D eigenvalue weighted by atomic mass is 16.6. The number of hydrogen-bond acceptors (Lipinski definition) is 4. The van der Waals surface area contributed by atoms with Crippen LogP contribution in [0.2, 0.25) is 0 Å². The molecule has 5 nitrogen and oxygen atoms in total. The van der Waals surface area contributed by atoms with Crippen molar-refractivity contribution in [2.24, 2.45) is 11.1 Å². The Morgan fingerprint density at radius 3 is 2.59 bits per heavy atom. The lowest BCUT2D eigenvalue weighted by molar-refractivity contribution is -0.385. The SMILES string of the molecule is Cc1ccc([C@H](N)C(C)(C)CO)cc1[N+](=O)[O-]. The fourth-order valence-electron chi connectivity index (χ4n) is 1.57. The van der Waals surface area contributed by atoms with Gasteiger partial charge in [0, 0.05) is 29.7 Å². The molecule has 0 fully saturated rings. The van der Waals surface area contributed by atoms with Gasteiger partial charge in [0.05, 0.1) is 4.92 Å². The number of nitro benzene ring substituents is 1. The van der Waals surface area contributed by atoms with Gasteiger partial charge in [-0.25, -0.2) is 0 Å². The van der Waals surface area contributed by atoms with Gasteiger partial charge in [0.2, 0.25) is 0 Å². The normalized spacial score (nSPS) is 13.5. The van der Waals surface area contributed by atoms with Gasteiger partial charge in [0.15, 0.2) is 0 Å². The van der Waals surface area contributed by atoms with Crippen LogP contribution in [-0.4, -0.2) is 16.6 Å². The van der Waals surface area contributed by atoms with E-state index in [1.165, 1.54) is 6.07 Å². The van der Waals surface area contributed by atoms with E-state index < -0.39 is 16.4 Å². The molecule has 0 radical (unpaired) electrons. The average Bonchev–Trinajstić information content (AvgIpc) is 2.28. The van der Waals surface area contributed by atoms with Crippen LogP contribution in [0.1, 0.15) is 31.0 Å². The third kappa shape index (κ3) is 2.81.